The zero-order valence-electron chi connectivity index (χ0n) is 31.2. The highest BCUT2D eigenvalue weighted by Gasteiger charge is 2.40. The van der Waals surface area contributed by atoms with Gasteiger partial charge in [0.2, 0.25) is 21.9 Å². The number of rotatable bonds is 17. The molecule has 0 radical (unpaired) electrons. The minimum absolute atomic E-state index is 0.0319. The Morgan fingerprint density at radius 2 is 1.47 bits per heavy atom. The summed E-state index contributed by atoms with van der Waals surface area (Å²) < 4.78 is 30.8. The van der Waals surface area contributed by atoms with Crippen LogP contribution in [0.5, 0.6) is 0 Å². The number of carbonyl (C=O) groups is 2. The standard InChI is InChI=1S/C42H48N6O6S/c1-29-25-30(2)38(31(3)26-29)55(52,53)47-37(40(50)51)28-45-39(49)36-27-35(54-46-36)21-13-14-22-43-41-44-23-24-48(41)42(32-15-7-4-8-16-32,33-17-9-5-10-18-33)34-19-11-6-12-20-34/h4-12,15-20,23-26,35-37,46-47H,13-14,21-22,27-28H2,1-3H3,(H,43,44)(H,45,49)(H,50,51)/t35?,36?,37-/m0/s1. The Balaban J connectivity index is 1.03. The van der Waals surface area contributed by atoms with Crippen LogP contribution in [0.1, 0.15) is 59.1 Å². The van der Waals surface area contributed by atoms with Gasteiger partial charge in [0.15, 0.2) is 0 Å². The molecular formula is C42H48N6O6S. The van der Waals surface area contributed by atoms with E-state index in [1.165, 1.54) is 0 Å². The van der Waals surface area contributed by atoms with Gasteiger partial charge in [-0.05, 0) is 67.9 Å². The summed E-state index contributed by atoms with van der Waals surface area (Å²) in [6.45, 7) is 5.41. The molecule has 2 heterocycles. The van der Waals surface area contributed by atoms with E-state index in [1.807, 2.05) is 37.5 Å². The van der Waals surface area contributed by atoms with E-state index in [4.69, 9.17) is 9.82 Å². The lowest BCUT2D eigenvalue weighted by atomic mass is 9.76. The number of hydrogen-bond donors (Lipinski definition) is 5. The Bertz CT molecular complexity index is 2060. The van der Waals surface area contributed by atoms with E-state index in [9.17, 15) is 23.1 Å². The molecule has 1 fully saturated rings. The van der Waals surface area contributed by atoms with E-state index in [2.05, 4.69) is 98.2 Å². The van der Waals surface area contributed by atoms with Crippen molar-refractivity contribution in [3.05, 3.63) is 149 Å². The molecule has 0 spiro atoms. The van der Waals surface area contributed by atoms with Crippen LogP contribution in [0.4, 0.5) is 5.95 Å². The first-order valence-electron chi connectivity index (χ1n) is 18.5. The smallest absolute Gasteiger partial charge is 0.323 e. The molecule has 4 aromatic carbocycles. The Hall–Kier alpha value is -5.34. The number of unbranched alkanes of at least 4 members (excludes halogenated alkanes) is 1. The number of amides is 1. The molecule has 2 unspecified atom stereocenters. The first-order chi connectivity index (χ1) is 26.5. The van der Waals surface area contributed by atoms with E-state index < -0.39 is 46.1 Å². The Labute approximate surface area is 322 Å². The Kier molecular flexibility index (Phi) is 12.5. The van der Waals surface area contributed by atoms with Crippen molar-refractivity contribution in [1.29, 1.82) is 0 Å². The average molecular weight is 765 g/mol. The molecule has 0 bridgehead atoms. The molecule has 6 rings (SSSR count). The van der Waals surface area contributed by atoms with Crippen molar-refractivity contribution >= 4 is 27.8 Å². The van der Waals surface area contributed by atoms with Gasteiger partial charge in [-0.15, -0.1) is 0 Å². The molecular weight excluding hydrogens is 717 g/mol. The lowest BCUT2D eigenvalue weighted by Crippen LogP contribution is -2.51. The van der Waals surface area contributed by atoms with Crippen LogP contribution in [-0.2, 0) is 30.0 Å². The number of carboxylic acid groups (broad SMARTS) is 1. The maximum atomic E-state index is 13.2. The van der Waals surface area contributed by atoms with Crippen LogP contribution in [0.15, 0.2) is 120 Å². The van der Waals surface area contributed by atoms with E-state index >= 15 is 0 Å². The Morgan fingerprint density at radius 3 is 2.02 bits per heavy atom. The monoisotopic (exact) mass is 764 g/mol. The highest BCUT2D eigenvalue weighted by molar-refractivity contribution is 7.89. The molecule has 13 heteroatoms. The number of carbonyl (C=O) groups excluding carboxylic acids is 1. The molecule has 1 aliphatic heterocycles. The summed E-state index contributed by atoms with van der Waals surface area (Å²) in [7, 11) is -4.17. The quantitative estimate of drug-likeness (QED) is 0.0613. The molecule has 0 saturated carbocycles. The maximum absolute atomic E-state index is 13.2. The molecule has 288 valence electrons. The molecule has 55 heavy (non-hydrogen) atoms. The second kappa shape index (κ2) is 17.4. The van der Waals surface area contributed by atoms with Crippen molar-refractivity contribution in [2.75, 3.05) is 18.4 Å². The molecule has 5 aromatic rings. The number of hydrogen-bond acceptors (Lipinski definition) is 8. The molecule has 3 atom stereocenters. The predicted molar refractivity (Wildman–Crippen MR) is 211 cm³/mol. The minimum Gasteiger partial charge on any atom is -0.480 e. The Morgan fingerprint density at radius 1 is 0.909 bits per heavy atom. The maximum Gasteiger partial charge on any atom is 0.323 e. The van der Waals surface area contributed by atoms with Gasteiger partial charge in [0.1, 0.15) is 17.6 Å². The van der Waals surface area contributed by atoms with Gasteiger partial charge in [-0.25, -0.2) is 13.4 Å². The highest BCUT2D eigenvalue weighted by Crippen LogP contribution is 2.42. The molecule has 1 saturated heterocycles. The van der Waals surface area contributed by atoms with Crippen molar-refractivity contribution in [2.24, 2.45) is 0 Å². The minimum atomic E-state index is -4.17. The summed E-state index contributed by atoms with van der Waals surface area (Å²) in [6, 6.07) is 32.5. The van der Waals surface area contributed by atoms with E-state index in [-0.39, 0.29) is 11.0 Å². The second-order valence-electron chi connectivity index (χ2n) is 14.0. The number of carboxylic acids is 1. The van der Waals surface area contributed by atoms with Crippen LogP contribution in [0.3, 0.4) is 0 Å². The first-order valence-corrected chi connectivity index (χ1v) is 19.9. The van der Waals surface area contributed by atoms with Crippen molar-refractivity contribution in [3.63, 3.8) is 0 Å². The third-order valence-electron chi connectivity index (χ3n) is 9.95. The molecule has 12 nitrogen and oxygen atoms in total. The fourth-order valence-corrected chi connectivity index (χ4v) is 9.22. The topological polar surface area (TPSA) is 164 Å². The third-order valence-corrected chi connectivity index (χ3v) is 11.7. The number of aliphatic carboxylic acids is 1. The van der Waals surface area contributed by atoms with E-state index in [1.54, 1.807) is 26.0 Å². The predicted octanol–water partition coefficient (Wildman–Crippen LogP) is 5.44. The number of aryl methyl sites for hydroxylation is 3. The number of nitrogens with one attached hydrogen (secondary N) is 4. The summed E-state index contributed by atoms with van der Waals surface area (Å²) >= 11 is 0. The van der Waals surface area contributed by atoms with Gasteiger partial charge in [0, 0.05) is 31.9 Å². The first kappa shape index (κ1) is 39.4. The van der Waals surface area contributed by atoms with Crippen molar-refractivity contribution in [1.82, 2.24) is 25.1 Å². The number of anilines is 1. The summed E-state index contributed by atoms with van der Waals surface area (Å²) in [5.41, 5.74) is 7.30. The van der Waals surface area contributed by atoms with Crippen LogP contribution in [0, 0.1) is 20.8 Å². The number of hydroxylamine groups is 1. The second-order valence-corrected chi connectivity index (χ2v) is 15.6. The van der Waals surface area contributed by atoms with Crippen LogP contribution in [-0.4, -0.2) is 66.2 Å². The zero-order chi connectivity index (χ0) is 39.0. The van der Waals surface area contributed by atoms with Gasteiger partial charge in [0.05, 0.1) is 11.0 Å². The molecule has 5 N–H and O–H groups in total. The van der Waals surface area contributed by atoms with Crippen LogP contribution in [0.2, 0.25) is 0 Å². The highest BCUT2D eigenvalue weighted by atomic mass is 32.2. The number of sulfonamides is 1. The normalized spacial score (nSPS) is 16.4. The molecule has 1 aliphatic rings. The largest absolute Gasteiger partial charge is 0.480 e. The van der Waals surface area contributed by atoms with Crippen molar-refractivity contribution in [2.45, 2.75) is 75.1 Å². The van der Waals surface area contributed by atoms with Gasteiger partial charge in [-0.3, -0.25) is 19.0 Å². The zero-order valence-corrected chi connectivity index (χ0v) is 32.1. The molecule has 1 aromatic heterocycles. The van der Waals surface area contributed by atoms with Crippen molar-refractivity contribution in [3.8, 4) is 0 Å². The summed E-state index contributed by atoms with van der Waals surface area (Å²) in [5, 5.41) is 15.9. The summed E-state index contributed by atoms with van der Waals surface area (Å²) in [5.74, 6) is -1.14. The summed E-state index contributed by atoms with van der Waals surface area (Å²) in [4.78, 5) is 35.5. The van der Waals surface area contributed by atoms with Gasteiger partial charge < -0.3 is 15.7 Å². The van der Waals surface area contributed by atoms with Crippen molar-refractivity contribution < 1.29 is 28.0 Å². The molecule has 0 aliphatic carbocycles. The fourth-order valence-electron chi connectivity index (χ4n) is 7.57. The number of benzene rings is 4. The average Bonchev–Trinajstić information content (AvgIpc) is 3.85. The lowest BCUT2D eigenvalue weighted by molar-refractivity contribution is -0.139. The van der Waals surface area contributed by atoms with Crippen LogP contribution < -0.4 is 20.8 Å². The van der Waals surface area contributed by atoms with Gasteiger partial charge in [0.25, 0.3) is 0 Å². The third kappa shape index (κ3) is 8.81. The number of aromatic nitrogens is 2. The van der Waals surface area contributed by atoms with E-state index in [0.29, 0.717) is 30.5 Å². The SMILES string of the molecule is Cc1cc(C)c(S(=O)(=O)N[C@@H](CNC(=O)C2CC(CCCCNc3nccn3C(c3ccccc3)(c3ccccc3)c3ccccc3)ON2)C(=O)O)c(C)c1. The number of nitrogens with zero attached hydrogens (tertiary/aromatic N) is 2. The van der Waals surface area contributed by atoms with Gasteiger partial charge in [-0.1, -0.05) is 109 Å². The van der Waals surface area contributed by atoms with Gasteiger partial charge in [-0.2, -0.15) is 10.2 Å². The fraction of sp³-hybridized carbons (Fsp3) is 0.310. The lowest BCUT2D eigenvalue weighted by Gasteiger charge is -2.38. The number of imidazole rings is 1. The summed E-state index contributed by atoms with van der Waals surface area (Å²) in [6.07, 6.45) is 6.33. The van der Waals surface area contributed by atoms with Crippen LogP contribution in [0.25, 0.3) is 0 Å². The van der Waals surface area contributed by atoms with Crippen LogP contribution >= 0.6 is 0 Å². The van der Waals surface area contributed by atoms with E-state index in [0.717, 1.165) is 41.0 Å². The van der Waals surface area contributed by atoms with Gasteiger partial charge >= 0.3 is 5.97 Å². The molecule has 1 amide bonds.